The summed E-state index contributed by atoms with van der Waals surface area (Å²) in [5.41, 5.74) is 0.488. The third-order valence-electron chi connectivity index (χ3n) is 3.79. The first-order valence-corrected chi connectivity index (χ1v) is 8.02. The molecule has 96 valence electrons. The number of sulfone groups is 1. The fraction of sp³-hybridized carbons (Fsp3) is 1.00. The molecule has 0 aromatic rings. The maximum atomic E-state index is 11.5. The predicted molar refractivity (Wildman–Crippen MR) is 68.4 cm³/mol. The fourth-order valence-electron chi connectivity index (χ4n) is 1.98. The summed E-state index contributed by atoms with van der Waals surface area (Å²) in [4.78, 5) is 0. The van der Waals surface area contributed by atoms with Gasteiger partial charge in [0.25, 0.3) is 0 Å². The zero-order chi connectivity index (χ0) is 12.4. The van der Waals surface area contributed by atoms with Crippen molar-refractivity contribution in [2.24, 2.45) is 5.41 Å². The summed E-state index contributed by atoms with van der Waals surface area (Å²) in [5, 5.41) is 3.34. The number of nitrogens with one attached hydrogen (secondary N) is 1. The number of hydrogen-bond donors (Lipinski definition) is 1. The molecule has 1 aliphatic carbocycles. The number of hydrogen-bond acceptors (Lipinski definition) is 3. The first-order valence-electron chi connectivity index (χ1n) is 6.13. The molecule has 0 saturated heterocycles. The lowest BCUT2D eigenvalue weighted by Crippen LogP contribution is -2.43. The van der Waals surface area contributed by atoms with Gasteiger partial charge in [-0.15, -0.1) is 0 Å². The smallest absolute Gasteiger partial charge is 0.153 e. The summed E-state index contributed by atoms with van der Waals surface area (Å²) in [5.74, 6) is 0. The zero-order valence-electron chi connectivity index (χ0n) is 11.0. The van der Waals surface area contributed by atoms with E-state index in [0.717, 1.165) is 6.54 Å². The zero-order valence-corrected chi connectivity index (χ0v) is 11.8. The van der Waals surface area contributed by atoms with Crippen molar-refractivity contribution in [3.63, 3.8) is 0 Å². The molecular weight excluding hydrogens is 222 g/mol. The summed E-state index contributed by atoms with van der Waals surface area (Å²) in [6.45, 7) is 7.31. The first-order chi connectivity index (χ1) is 7.22. The number of rotatable bonds is 7. The Balaban J connectivity index is 2.36. The van der Waals surface area contributed by atoms with E-state index < -0.39 is 14.6 Å². The molecule has 1 saturated carbocycles. The quantitative estimate of drug-likeness (QED) is 0.748. The van der Waals surface area contributed by atoms with E-state index >= 15 is 0 Å². The Labute approximate surface area is 99.9 Å². The lowest BCUT2D eigenvalue weighted by atomic mass is 10.0. The molecule has 3 nitrogen and oxygen atoms in total. The minimum absolute atomic E-state index is 0.488. The van der Waals surface area contributed by atoms with Gasteiger partial charge in [-0.25, -0.2) is 8.42 Å². The van der Waals surface area contributed by atoms with Gasteiger partial charge < -0.3 is 5.32 Å². The van der Waals surface area contributed by atoms with Gasteiger partial charge in [0, 0.05) is 19.3 Å². The molecular formula is C12H25NO2S. The molecule has 16 heavy (non-hydrogen) atoms. The molecule has 4 heteroatoms. The predicted octanol–water partition coefficient (Wildman–Crippen LogP) is 1.98. The molecule has 1 rings (SSSR count). The highest BCUT2D eigenvalue weighted by Gasteiger charge is 2.41. The average molecular weight is 247 g/mol. The summed E-state index contributed by atoms with van der Waals surface area (Å²) >= 11 is 0. The summed E-state index contributed by atoms with van der Waals surface area (Å²) < 4.78 is 22.4. The molecule has 0 bridgehead atoms. The van der Waals surface area contributed by atoms with E-state index in [-0.39, 0.29) is 0 Å². The Hall–Kier alpha value is -0.0900. The van der Waals surface area contributed by atoms with Gasteiger partial charge in [0.1, 0.15) is 0 Å². The van der Waals surface area contributed by atoms with Crippen molar-refractivity contribution in [1.82, 2.24) is 5.32 Å². The lowest BCUT2D eigenvalue weighted by molar-refractivity contribution is 0.407. The molecule has 0 heterocycles. The van der Waals surface area contributed by atoms with Gasteiger partial charge in [0.15, 0.2) is 9.84 Å². The second-order valence-electron chi connectivity index (χ2n) is 5.89. The van der Waals surface area contributed by atoms with Crippen molar-refractivity contribution in [1.29, 1.82) is 0 Å². The van der Waals surface area contributed by atoms with E-state index in [9.17, 15) is 8.42 Å². The Morgan fingerprint density at radius 1 is 1.31 bits per heavy atom. The van der Waals surface area contributed by atoms with E-state index in [2.05, 4.69) is 12.2 Å². The van der Waals surface area contributed by atoms with E-state index in [1.54, 1.807) is 13.8 Å². The highest BCUT2D eigenvalue weighted by Crippen LogP contribution is 2.48. The van der Waals surface area contributed by atoms with Crippen LogP contribution in [-0.4, -0.2) is 32.5 Å². The Bertz CT molecular complexity index is 329. The van der Waals surface area contributed by atoms with Gasteiger partial charge in [-0.1, -0.05) is 13.3 Å². The molecule has 1 aliphatic rings. The average Bonchev–Trinajstić information content (AvgIpc) is 2.83. The van der Waals surface area contributed by atoms with E-state index in [0.29, 0.717) is 12.0 Å². The van der Waals surface area contributed by atoms with Crippen LogP contribution in [0.15, 0.2) is 0 Å². The third-order valence-corrected chi connectivity index (χ3v) is 5.94. The molecule has 1 N–H and O–H groups in total. The lowest BCUT2D eigenvalue weighted by Gasteiger charge is -2.24. The molecule has 0 spiro atoms. The van der Waals surface area contributed by atoms with Gasteiger partial charge in [0.2, 0.25) is 0 Å². The maximum Gasteiger partial charge on any atom is 0.153 e. The van der Waals surface area contributed by atoms with Crippen LogP contribution in [0.2, 0.25) is 0 Å². The summed E-state index contributed by atoms with van der Waals surface area (Å²) in [7, 11) is -2.97. The molecule has 1 fully saturated rings. The van der Waals surface area contributed by atoms with Crippen molar-refractivity contribution >= 4 is 9.84 Å². The molecule has 0 radical (unpaired) electrons. The summed E-state index contributed by atoms with van der Waals surface area (Å²) in [6, 6.07) is 0. The molecule has 0 unspecified atom stereocenters. The minimum atomic E-state index is -2.97. The van der Waals surface area contributed by atoms with Crippen molar-refractivity contribution in [2.45, 2.75) is 51.2 Å². The fourth-order valence-corrected chi connectivity index (χ4v) is 2.35. The SMILES string of the molecule is CCCC1(CNCC(C)(C)S(C)(=O)=O)CC1. The Kier molecular flexibility index (Phi) is 4.06. The van der Waals surface area contributed by atoms with Crippen LogP contribution < -0.4 is 5.32 Å². The Morgan fingerprint density at radius 2 is 1.88 bits per heavy atom. The van der Waals surface area contributed by atoms with E-state index in [4.69, 9.17) is 0 Å². The van der Waals surface area contributed by atoms with Gasteiger partial charge in [-0.3, -0.25) is 0 Å². The van der Waals surface area contributed by atoms with E-state index in [1.165, 1.54) is 31.9 Å². The van der Waals surface area contributed by atoms with Crippen LogP contribution in [0.5, 0.6) is 0 Å². The first kappa shape index (κ1) is 14.0. The van der Waals surface area contributed by atoms with Crippen molar-refractivity contribution in [2.75, 3.05) is 19.3 Å². The van der Waals surface area contributed by atoms with Crippen molar-refractivity contribution in [3.05, 3.63) is 0 Å². The van der Waals surface area contributed by atoms with Crippen LogP contribution in [0, 0.1) is 5.41 Å². The molecule has 0 aromatic heterocycles. The third kappa shape index (κ3) is 3.45. The molecule has 0 amide bonds. The van der Waals surface area contributed by atoms with Crippen molar-refractivity contribution < 1.29 is 8.42 Å². The largest absolute Gasteiger partial charge is 0.315 e. The van der Waals surface area contributed by atoms with Gasteiger partial charge in [-0.2, -0.15) is 0 Å². The normalized spacial score (nSPS) is 19.8. The van der Waals surface area contributed by atoms with Crippen LogP contribution >= 0.6 is 0 Å². The van der Waals surface area contributed by atoms with Gasteiger partial charge >= 0.3 is 0 Å². The summed E-state index contributed by atoms with van der Waals surface area (Å²) in [6.07, 6.45) is 6.39. The second-order valence-corrected chi connectivity index (χ2v) is 8.53. The van der Waals surface area contributed by atoms with Crippen LogP contribution in [0.3, 0.4) is 0 Å². The second kappa shape index (κ2) is 4.65. The standard InChI is InChI=1S/C12H25NO2S/c1-5-6-12(7-8-12)10-13-9-11(2,3)16(4,14)15/h13H,5-10H2,1-4H3. The van der Waals surface area contributed by atoms with Gasteiger partial charge in [-0.05, 0) is 38.5 Å². The van der Waals surface area contributed by atoms with E-state index in [1.807, 2.05) is 0 Å². The molecule has 0 atom stereocenters. The highest BCUT2D eigenvalue weighted by atomic mass is 32.2. The molecule has 0 aromatic carbocycles. The van der Waals surface area contributed by atoms with Gasteiger partial charge in [0.05, 0.1) is 4.75 Å². The van der Waals surface area contributed by atoms with Crippen LogP contribution in [0.25, 0.3) is 0 Å². The highest BCUT2D eigenvalue weighted by molar-refractivity contribution is 7.92. The Morgan fingerprint density at radius 3 is 2.25 bits per heavy atom. The minimum Gasteiger partial charge on any atom is -0.315 e. The van der Waals surface area contributed by atoms with Crippen LogP contribution in [0.1, 0.15) is 46.5 Å². The van der Waals surface area contributed by atoms with Crippen molar-refractivity contribution in [3.8, 4) is 0 Å². The van der Waals surface area contributed by atoms with Crippen LogP contribution in [0.4, 0.5) is 0 Å². The molecule has 0 aliphatic heterocycles. The topological polar surface area (TPSA) is 46.2 Å². The maximum absolute atomic E-state index is 11.5. The monoisotopic (exact) mass is 247 g/mol. The van der Waals surface area contributed by atoms with Crippen LogP contribution in [-0.2, 0) is 9.84 Å².